The Morgan fingerprint density at radius 2 is 2.24 bits per heavy atom. The highest BCUT2D eigenvalue weighted by Crippen LogP contribution is 2.26. The fraction of sp³-hybridized carbons (Fsp3) is 0.222. The van der Waals surface area contributed by atoms with Crippen molar-refractivity contribution < 1.29 is 13.9 Å². The van der Waals surface area contributed by atoms with Crippen molar-refractivity contribution in [1.29, 1.82) is 0 Å². The van der Waals surface area contributed by atoms with Crippen molar-refractivity contribution in [2.45, 2.75) is 6.54 Å². The van der Waals surface area contributed by atoms with Crippen LogP contribution < -0.4 is 0 Å². The predicted octanol–water partition coefficient (Wildman–Crippen LogP) is 4.35. The van der Waals surface area contributed by atoms with Crippen LogP contribution in [0.4, 0.5) is 0 Å². The third kappa shape index (κ3) is 4.48. The van der Waals surface area contributed by atoms with Crippen LogP contribution >= 0.6 is 22.9 Å². The highest BCUT2D eigenvalue weighted by Gasteiger charge is 2.20. The minimum atomic E-state index is -0.155. The van der Waals surface area contributed by atoms with Crippen LogP contribution in [-0.4, -0.2) is 36.1 Å². The number of amides is 1. The first kappa shape index (κ1) is 17.7. The summed E-state index contributed by atoms with van der Waals surface area (Å²) >= 11 is 7.45. The minimum Gasteiger partial charge on any atom is -0.467 e. The van der Waals surface area contributed by atoms with Gasteiger partial charge in [0.1, 0.15) is 16.5 Å². The number of nitrogens with zero attached hydrogens (tertiary/aromatic N) is 2. The third-order valence-corrected chi connectivity index (χ3v) is 4.70. The number of carbonyl (C=O) groups excluding carboxylic acids is 1. The number of benzene rings is 1. The van der Waals surface area contributed by atoms with Gasteiger partial charge in [0.2, 0.25) is 0 Å². The van der Waals surface area contributed by atoms with E-state index in [1.54, 1.807) is 35.8 Å². The van der Waals surface area contributed by atoms with Crippen molar-refractivity contribution in [2.24, 2.45) is 0 Å². The van der Waals surface area contributed by atoms with E-state index in [-0.39, 0.29) is 5.91 Å². The first-order valence-electron chi connectivity index (χ1n) is 7.69. The Balaban J connectivity index is 1.79. The zero-order valence-corrected chi connectivity index (χ0v) is 15.2. The lowest BCUT2D eigenvalue weighted by atomic mass is 10.2. The number of aromatic nitrogens is 1. The molecular formula is C18H17ClN2O3S. The van der Waals surface area contributed by atoms with Crippen LogP contribution in [0.3, 0.4) is 0 Å². The normalized spacial score (nSPS) is 10.8. The van der Waals surface area contributed by atoms with Gasteiger partial charge in [-0.2, -0.15) is 0 Å². The smallest absolute Gasteiger partial charge is 0.273 e. The average molecular weight is 377 g/mol. The number of carbonyl (C=O) groups is 1. The molecule has 7 heteroatoms. The summed E-state index contributed by atoms with van der Waals surface area (Å²) < 4.78 is 10.5. The van der Waals surface area contributed by atoms with Gasteiger partial charge in [0.25, 0.3) is 5.91 Å². The number of rotatable bonds is 7. The van der Waals surface area contributed by atoms with E-state index in [0.717, 1.165) is 16.3 Å². The molecule has 3 rings (SSSR count). The summed E-state index contributed by atoms with van der Waals surface area (Å²) in [6.45, 7) is 1.27. The van der Waals surface area contributed by atoms with Gasteiger partial charge < -0.3 is 14.1 Å². The van der Waals surface area contributed by atoms with Crippen LogP contribution in [0.15, 0.2) is 52.5 Å². The lowest BCUT2D eigenvalue weighted by Crippen LogP contribution is -2.33. The molecule has 1 amide bonds. The number of ether oxygens (including phenoxy) is 1. The lowest BCUT2D eigenvalue weighted by Gasteiger charge is -2.20. The van der Waals surface area contributed by atoms with Gasteiger partial charge in [0, 0.05) is 29.6 Å². The Kier molecular flexibility index (Phi) is 5.86. The van der Waals surface area contributed by atoms with Crippen molar-refractivity contribution in [3.05, 3.63) is 64.5 Å². The van der Waals surface area contributed by atoms with Crippen LogP contribution in [0.25, 0.3) is 10.6 Å². The molecule has 2 aromatic heterocycles. The van der Waals surface area contributed by atoms with E-state index in [0.29, 0.717) is 30.4 Å². The SMILES string of the molecule is COCCN(Cc1ccco1)C(=O)c1csc(-c2cccc(Cl)c2)n1. The number of thiazole rings is 1. The lowest BCUT2D eigenvalue weighted by molar-refractivity contribution is 0.0661. The molecule has 0 spiro atoms. The number of halogens is 1. The summed E-state index contributed by atoms with van der Waals surface area (Å²) in [6, 6.07) is 11.1. The number of hydrogen-bond donors (Lipinski definition) is 0. The Morgan fingerprint density at radius 1 is 1.36 bits per heavy atom. The van der Waals surface area contributed by atoms with Gasteiger partial charge >= 0.3 is 0 Å². The summed E-state index contributed by atoms with van der Waals surface area (Å²) in [5.41, 5.74) is 1.30. The molecule has 0 aliphatic carbocycles. The van der Waals surface area contributed by atoms with Gasteiger partial charge in [-0.15, -0.1) is 11.3 Å². The minimum absolute atomic E-state index is 0.155. The Hall–Kier alpha value is -2.15. The molecule has 0 saturated heterocycles. The van der Waals surface area contributed by atoms with Crippen molar-refractivity contribution in [2.75, 3.05) is 20.3 Å². The van der Waals surface area contributed by atoms with Crippen LogP contribution in [-0.2, 0) is 11.3 Å². The molecule has 0 saturated carbocycles. The highest BCUT2D eigenvalue weighted by molar-refractivity contribution is 7.13. The molecular weight excluding hydrogens is 360 g/mol. The van der Waals surface area contributed by atoms with Crippen molar-refractivity contribution in [3.8, 4) is 10.6 Å². The summed E-state index contributed by atoms with van der Waals surface area (Å²) in [5, 5.41) is 3.16. The first-order valence-corrected chi connectivity index (χ1v) is 8.95. The number of hydrogen-bond acceptors (Lipinski definition) is 5. The summed E-state index contributed by atoms with van der Waals surface area (Å²) in [5.74, 6) is 0.563. The van der Waals surface area contributed by atoms with E-state index in [1.165, 1.54) is 11.3 Å². The summed E-state index contributed by atoms with van der Waals surface area (Å²) in [7, 11) is 1.61. The molecule has 0 aliphatic heterocycles. The molecule has 0 aliphatic rings. The van der Waals surface area contributed by atoms with E-state index < -0.39 is 0 Å². The van der Waals surface area contributed by atoms with E-state index in [2.05, 4.69) is 4.98 Å². The topological polar surface area (TPSA) is 55.6 Å². The maximum atomic E-state index is 12.8. The van der Waals surface area contributed by atoms with E-state index in [1.807, 2.05) is 24.3 Å². The maximum absolute atomic E-state index is 12.8. The van der Waals surface area contributed by atoms with Crippen molar-refractivity contribution in [3.63, 3.8) is 0 Å². The van der Waals surface area contributed by atoms with Crippen LogP contribution in [0, 0.1) is 0 Å². The summed E-state index contributed by atoms with van der Waals surface area (Å²) in [4.78, 5) is 19.0. The number of furan rings is 1. The van der Waals surface area contributed by atoms with Crippen molar-refractivity contribution >= 4 is 28.8 Å². The zero-order chi connectivity index (χ0) is 17.6. The van der Waals surface area contributed by atoms with E-state index in [9.17, 15) is 4.79 Å². The van der Waals surface area contributed by atoms with Gasteiger partial charge in [-0.05, 0) is 24.3 Å². The highest BCUT2D eigenvalue weighted by atomic mass is 35.5. The van der Waals surface area contributed by atoms with Gasteiger partial charge in [-0.25, -0.2) is 4.98 Å². The molecule has 1 aromatic carbocycles. The second-order valence-corrected chi connectivity index (χ2v) is 6.64. The first-order chi connectivity index (χ1) is 12.2. The Labute approximate surface area is 154 Å². The molecule has 5 nitrogen and oxygen atoms in total. The average Bonchev–Trinajstić information content (AvgIpc) is 3.29. The largest absolute Gasteiger partial charge is 0.467 e. The fourth-order valence-electron chi connectivity index (χ4n) is 2.33. The van der Waals surface area contributed by atoms with Gasteiger partial charge in [-0.1, -0.05) is 23.7 Å². The van der Waals surface area contributed by atoms with E-state index >= 15 is 0 Å². The monoisotopic (exact) mass is 376 g/mol. The zero-order valence-electron chi connectivity index (χ0n) is 13.6. The van der Waals surface area contributed by atoms with Gasteiger partial charge in [-0.3, -0.25) is 4.79 Å². The molecule has 130 valence electrons. The van der Waals surface area contributed by atoms with Gasteiger partial charge in [0.15, 0.2) is 0 Å². The molecule has 0 N–H and O–H groups in total. The Morgan fingerprint density at radius 3 is 2.96 bits per heavy atom. The molecule has 3 aromatic rings. The van der Waals surface area contributed by atoms with Gasteiger partial charge in [0.05, 0.1) is 19.4 Å². The van der Waals surface area contributed by atoms with E-state index in [4.69, 9.17) is 20.8 Å². The predicted molar refractivity (Wildman–Crippen MR) is 97.9 cm³/mol. The summed E-state index contributed by atoms with van der Waals surface area (Å²) in [6.07, 6.45) is 1.59. The Bertz CT molecular complexity index is 832. The molecule has 0 bridgehead atoms. The molecule has 0 radical (unpaired) electrons. The van der Waals surface area contributed by atoms with Crippen LogP contribution in [0.5, 0.6) is 0 Å². The third-order valence-electron chi connectivity index (χ3n) is 3.57. The quantitative estimate of drug-likeness (QED) is 0.615. The second kappa shape index (κ2) is 8.29. The second-order valence-electron chi connectivity index (χ2n) is 5.35. The van der Waals surface area contributed by atoms with Crippen LogP contribution in [0.2, 0.25) is 5.02 Å². The maximum Gasteiger partial charge on any atom is 0.273 e. The standard InChI is InChI=1S/C18H17ClN2O3S/c1-23-9-7-21(11-15-6-3-8-24-15)18(22)16-12-25-17(20-16)13-4-2-5-14(19)10-13/h2-6,8,10,12H,7,9,11H2,1H3. The molecule has 2 heterocycles. The molecule has 0 fully saturated rings. The fourth-order valence-corrected chi connectivity index (χ4v) is 3.31. The molecule has 0 atom stereocenters. The number of methoxy groups -OCH3 is 1. The van der Waals surface area contributed by atoms with Crippen molar-refractivity contribution in [1.82, 2.24) is 9.88 Å². The van der Waals surface area contributed by atoms with Crippen LogP contribution in [0.1, 0.15) is 16.2 Å². The molecule has 25 heavy (non-hydrogen) atoms. The molecule has 0 unspecified atom stereocenters.